The van der Waals surface area contributed by atoms with Crippen LogP contribution in [0, 0.1) is 0 Å². The van der Waals surface area contributed by atoms with Gasteiger partial charge in [-0.25, -0.2) is 0 Å². The van der Waals surface area contributed by atoms with Gasteiger partial charge in [-0.3, -0.25) is 0 Å². The standard InChI is InChI=1S/C14H25NS/c1-2-3-4-5-6-7-11-15-12-10-14-9-8-13-16-14/h8-9,13,15H,2-7,10-12H2,1H3. The van der Waals surface area contributed by atoms with E-state index in [0.717, 1.165) is 6.54 Å². The minimum Gasteiger partial charge on any atom is -0.316 e. The first-order valence-corrected chi connectivity index (χ1v) is 7.54. The van der Waals surface area contributed by atoms with Gasteiger partial charge in [0, 0.05) is 4.88 Å². The monoisotopic (exact) mass is 239 g/mol. The van der Waals surface area contributed by atoms with Crippen molar-refractivity contribution in [3.63, 3.8) is 0 Å². The molecule has 92 valence electrons. The van der Waals surface area contributed by atoms with Crippen LogP contribution in [0.25, 0.3) is 0 Å². The van der Waals surface area contributed by atoms with Crippen LogP contribution in [0.2, 0.25) is 0 Å². The third-order valence-corrected chi connectivity index (χ3v) is 3.77. The van der Waals surface area contributed by atoms with Crippen molar-refractivity contribution >= 4 is 11.3 Å². The fraction of sp³-hybridized carbons (Fsp3) is 0.714. The Morgan fingerprint density at radius 2 is 1.88 bits per heavy atom. The van der Waals surface area contributed by atoms with Crippen molar-refractivity contribution in [1.82, 2.24) is 5.32 Å². The lowest BCUT2D eigenvalue weighted by Gasteiger charge is -2.03. The molecule has 1 aromatic heterocycles. The number of thiophene rings is 1. The van der Waals surface area contributed by atoms with E-state index < -0.39 is 0 Å². The lowest BCUT2D eigenvalue weighted by Crippen LogP contribution is -2.18. The third kappa shape index (κ3) is 7.02. The van der Waals surface area contributed by atoms with Crippen LogP contribution in [-0.2, 0) is 6.42 Å². The van der Waals surface area contributed by atoms with Crippen molar-refractivity contribution in [3.8, 4) is 0 Å². The molecule has 0 aliphatic carbocycles. The van der Waals surface area contributed by atoms with Gasteiger partial charge < -0.3 is 5.32 Å². The highest BCUT2D eigenvalue weighted by Gasteiger charge is 1.93. The van der Waals surface area contributed by atoms with Crippen molar-refractivity contribution in [2.45, 2.75) is 51.9 Å². The van der Waals surface area contributed by atoms with E-state index in [1.54, 1.807) is 0 Å². The molecule has 0 radical (unpaired) electrons. The summed E-state index contributed by atoms with van der Waals surface area (Å²) in [6.07, 6.45) is 9.52. The molecule has 0 saturated heterocycles. The fourth-order valence-corrected chi connectivity index (χ4v) is 2.53. The Labute approximate surface area is 104 Å². The summed E-state index contributed by atoms with van der Waals surface area (Å²) in [6.45, 7) is 4.60. The second kappa shape index (κ2) is 9.86. The van der Waals surface area contributed by atoms with E-state index >= 15 is 0 Å². The van der Waals surface area contributed by atoms with Crippen LogP contribution >= 0.6 is 11.3 Å². The lowest BCUT2D eigenvalue weighted by molar-refractivity contribution is 0.573. The summed E-state index contributed by atoms with van der Waals surface area (Å²) in [5, 5.41) is 5.68. The second-order valence-electron chi connectivity index (χ2n) is 4.35. The SMILES string of the molecule is CCCCCCCCNCCc1cccs1. The van der Waals surface area contributed by atoms with E-state index in [1.807, 2.05) is 11.3 Å². The maximum Gasteiger partial charge on any atom is 0.00578 e. The van der Waals surface area contributed by atoms with Crippen LogP contribution < -0.4 is 5.32 Å². The predicted octanol–water partition coefficient (Wildman–Crippen LogP) is 4.24. The summed E-state index contributed by atoms with van der Waals surface area (Å²) in [5.74, 6) is 0. The molecule has 1 nitrogen and oxygen atoms in total. The van der Waals surface area contributed by atoms with Crippen LogP contribution in [-0.4, -0.2) is 13.1 Å². The molecule has 16 heavy (non-hydrogen) atoms. The Morgan fingerprint density at radius 3 is 2.62 bits per heavy atom. The maximum absolute atomic E-state index is 3.52. The zero-order chi connectivity index (χ0) is 11.5. The first-order valence-electron chi connectivity index (χ1n) is 6.66. The Kier molecular flexibility index (Phi) is 8.45. The normalized spacial score (nSPS) is 10.8. The molecule has 0 amide bonds. The average Bonchev–Trinajstić information content (AvgIpc) is 2.80. The third-order valence-electron chi connectivity index (χ3n) is 2.84. The van der Waals surface area contributed by atoms with Gasteiger partial charge in [0.05, 0.1) is 0 Å². The molecule has 0 aromatic carbocycles. The molecule has 2 heteroatoms. The number of rotatable bonds is 10. The Morgan fingerprint density at radius 1 is 1.06 bits per heavy atom. The molecule has 1 N–H and O–H groups in total. The molecule has 0 saturated carbocycles. The molecule has 1 heterocycles. The summed E-state index contributed by atoms with van der Waals surface area (Å²) in [4.78, 5) is 1.50. The zero-order valence-corrected chi connectivity index (χ0v) is 11.3. The van der Waals surface area contributed by atoms with Gasteiger partial charge in [-0.1, -0.05) is 45.1 Å². The Hall–Kier alpha value is -0.340. The molecule has 0 unspecified atom stereocenters. The van der Waals surface area contributed by atoms with Crippen molar-refractivity contribution in [1.29, 1.82) is 0 Å². The smallest absolute Gasteiger partial charge is 0.00578 e. The molecule has 0 bridgehead atoms. The molecular formula is C14H25NS. The molecule has 0 spiro atoms. The maximum atomic E-state index is 3.52. The van der Waals surface area contributed by atoms with Crippen LogP contribution in [0.1, 0.15) is 50.3 Å². The molecule has 1 rings (SSSR count). The van der Waals surface area contributed by atoms with Gasteiger partial charge in [-0.05, 0) is 37.4 Å². The Bertz CT molecular complexity index is 231. The molecule has 0 atom stereocenters. The predicted molar refractivity (Wildman–Crippen MR) is 74.3 cm³/mol. The van der Waals surface area contributed by atoms with Crippen LogP contribution in [0.3, 0.4) is 0 Å². The topological polar surface area (TPSA) is 12.0 Å². The summed E-state index contributed by atoms with van der Waals surface area (Å²) in [5.41, 5.74) is 0. The highest BCUT2D eigenvalue weighted by molar-refractivity contribution is 7.09. The number of hydrogen-bond acceptors (Lipinski definition) is 2. The van der Waals surface area contributed by atoms with Crippen molar-refractivity contribution in [2.75, 3.05) is 13.1 Å². The molecule has 0 aliphatic heterocycles. The molecular weight excluding hydrogens is 214 g/mol. The summed E-state index contributed by atoms with van der Waals surface area (Å²) >= 11 is 1.86. The van der Waals surface area contributed by atoms with Crippen LogP contribution in [0.5, 0.6) is 0 Å². The summed E-state index contributed by atoms with van der Waals surface area (Å²) in [7, 11) is 0. The minimum atomic E-state index is 1.13. The van der Waals surface area contributed by atoms with E-state index in [-0.39, 0.29) is 0 Å². The highest BCUT2D eigenvalue weighted by Crippen LogP contribution is 2.08. The molecule has 0 aliphatic rings. The summed E-state index contributed by atoms with van der Waals surface area (Å²) in [6, 6.07) is 4.35. The largest absolute Gasteiger partial charge is 0.316 e. The number of hydrogen-bond donors (Lipinski definition) is 1. The molecule has 1 aromatic rings. The first-order chi connectivity index (χ1) is 7.93. The van der Waals surface area contributed by atoms with Gasteiger partial charge in [0.15, 0.2) is 0 Å². The van der Waals surface area contributed by atoms with Crippen molar-refractivity contribution < 1.29 is 0 Å². The van der Waals surface area contributed by atoms with Gasteiger partial charge in [-0.15, -0.1) is 11.3 Å². The quantitative estimate of drug-likeness (QED) is 0.602. The first kappa shape index (κ1) is 13.7. The highest BCUT2D eigenvalue weighted by atomic mass is 32.1. The van der Waals surface area contributed by atoms with E-state index in [9.17, 15) is 0 Å². The van der Waals surface area contributed by atoms with Gasteiger partial charge in [0.2, 0.25) is 0 Å². The van der Waals surface area contributed by atoms with Gasteiger partial charge in [0.25, 0.3) is 0 Å². The second-order valence-corrected chi connectivity index (χ2v) is 5.38. The average molecular weight is 239 g/mol. The van der Waals surface area contributed by atoms with Gasteiger partial charge >= 0.3 is 0 Å². The number of nitrogens with one attached hydrogen (secondary N) is 1. The lowest BCUT2D eigenvalue weighted by atomic mass is 10.1. The fourth-order valence-electron chi connectivity index (χ4n) is 1.82. The van der Waals surface area contributed by atoms with Crippen molar-refractivity contribution in [2.24, 2.45) is 0 Å². The Balaban J connectivity index is 1.78. The van der Waals surface area contributed by atoms with Gasteiger partial charge in [-0.2, -0.15) is 0 Å². The number of unbranched alkanes of at least 4 members (excludes halogenated alkanes) is 5. The summed E-state index contributed by atoms with van der Waals surface area (Å²) < 4.78 is 0. The van der Waals surface area contributed by atoms with Crippen LogP contribution in [0.4, 0.5) is 0 Å². The van der Waals surface area contributed by atoms with E-state index in [1.165, 1.54) is 56.4 Å². The van der Waals surface area contributed by atoms with Crippen LogP contribution in [0.15, 0.2) is 17.5 Å². The van der Waals surface area contributed by atoms with Gasteiger partial charge in [0.1, 0.15) is 0 Å². The van der Waals surface area contributed by atoms with E-state index in [2.05, 4.69) is 29.8 Å². The van der Waals surface area contributed by atoms with E-state index in [4.69, 9.17) is 0 Å². The van der Waals surface area contributed by atoms with E-state index in [0.29, 0.717) is 0 Å². The van der Waals surface area contributed by atoms with Crippen molar-refractivity contribution in [3.05, 3.63) is 22.4 Å². The molecule has 0 fully saturated rings. The minimum absolute atomic E-state index is 1.13. The zero-order valence-electron chi connectivity index (χ0n) is 10.5.